The molecule has 0 aliphatic carbocycles. The average molecular weight is 339 g/mol. The van der Waals surface area contributed by atoms with Gasteiger partial charge in [0, 0.05) is 37.0 Å². The summed E-state index contributed by atoms with van der Waals surface area (Å²) in [5.74, 6) is 2.16. The molecular weight excluding hydrogens is 318 g/mol. The SMILES string of the molecule is c1cc2c(cc1-c1cnc(OC3C4CCCN3CCC4)nc1)OCO2. The standard InChI is InChI=1S/C19H21N3O3/c1-3-13-4-2-8-22(7-1)18(13)25-19-20-10-15(11-21-19)14-5-6-16-17(9-14)24-12-23-16/h5-6,9-11,13,18H,1-4,7-8,12H2. The Labute approximate surface area is 146 Å². The predicted octanol–water partition coefficient (Wildman–Crippen LogP) is 3.08. The van der Waals surface area contributed by atoms with Gasteiger partial charge in [-0.15, -0.1) is 0 Å². The number of ether oxygens (including phenoxy) is 3. The van der Waals surface area contributed by atoms with Crippen LogP contribution in [0.4, 0.5) is 0 Å². The van der Waals surface area contributed by atoms with Crippen molar-refractivity contribution in [2.75, 3.05) is 19.9 Å². The zero-order valence-electron chi connectivity index (χ0n) is 14.1. The highest BCUT2D eigenvalue weighted by Crippen LogP contribution is 2.36. The normalized spacial score (nSPS) is 27.1. The van der Waals surface area contributed by atoms with Crippen molar-refractivity contribution in [1.29, 1.82) is 0 Å². The first-order valence-corrected chi connectivity index (χ1v) is 8.99. The van der Waals surface area contributed by atoms with Crippen molar-refractivity contribution in [3.05, 3.63) is 30.6 Å². The number of benzene rings is 1. The number of fused-ring (bicyclic) bond motifs is 3. The topological polar surface area (TPSA) is 56.7 Å². The van der Waals surface area contributed by atoms with E-state index < -0.39 is 0 Å². The minimum atomic E-state index is 0.138. The van der Waals surface area contributed by atoms with Crippen molar-refractivity contribution in [1.82, 2.24) is 14.9 Å². The second-order valence-electron chi connectivity index (χ2n) is 6.91. The van der Waals surface area contributed by atoms with E-state index in [1.54, 1.807) is 0 Å². The zero-order valence-corrected chi connectivity index (χ0v) is 14.1. The molecule has 6 heteroatoms. The molecule has 1 aromatic carbocycles. The quantitative estimate of drug-likeness (QED) is 0.856. The summed E-state index contributed by atoms with van der Waals surface area (Å²) in [7, 11) is 0. The molecule has 25 heavy (non-hydrogen) atoms. The maximum absolute atomic E-state index is 6.15. The molecule has 0 saturated carbocycles. The molecule has 0 amide bonds. The first-order chi connectivity index (χ1) is 12.4. The third kappa shape index (κ3) is 2.80. The van der Waals surface area contributed by atoms with Gasteiger partial charge in [0.05, 0.1) is 0 Å². The third-order valence-corrected chi connectivity index (χ3v) is 5.36. The molecule has 1 aromatic heterocycles. The van der Waals surface area contributed by atoms with E-state index >= 15 is 0 Å². The molecule has 1 unspecified atom stereocenters. The monoisotopic (exact) mass is 339 g/mol. The van der Waals surface area contributed by atoms with Crippen LogP contribution in [0.3, 0.4) is 0 Å². The lowest BCUT2D eigenvalue weighted by Gasteiger charge is -2.44. The number of nitrogens with zero attached hydrogens (tertiary/aromatic N) is 3. The van der Waals surface area contributed by atoms with Crippen molar-refractivity contribution in [3.8, 4) is 28.6 Å². The van der Waals surface area contributed by atoms with Crippen LogP contribution >= 0.6 is 0 Å². The highest BCUT2D eigenvalue weighted by atomic mass is 16.7. The van der Waals surface area contributed by atoms with E-state index in [9.17, 15) is 0 Å². The Morgan fingerprint density at radius 2 is 1.72 bits per heavy atom. The largest absolute Gasteiger partial charge is 0.454 e. The van der Waals surface area contributed by atoms with Gasteiger partial charge in [-0.25, -0.2) is 9.97 Å². The second-order valence-corrected chi connectivity index (χ2v) is 6.91. The number of piperidine rings is 2. The Kier molecular flexibility index (Phi) is 3.70. The van der Waals surface area contributed by atoms with Gasteiger partial charge >= 0.3 is 6.01 Å². The van der Waals surface area contributed by atoms with Gasteiger partial charge in [-0.1, -0.05) is 6.07 Å². The molecule has 2 aromatic rings. The van der Waals surface area contributed by atoms with E-state index in [4.69, 9.17) is 14.2 Å². The molecule has 2 saturated heterocycles. The lowest BCUT2D eigenvalue weighted by Crippen LogP contribution is -2.52. The highest BCUT2D eigenvalue weighted by Gasteiger charge is 2.36. The van der Waals surface area contributed by atoms with Crippen LogP contribution in [-0.2, 0) is 0 Å². The van der Waals surface area contributed by atoms with Crippen molar-refractivity contribution >= 4 is 0 Å². The van der Waals surface area contributed by atoms with E-state index in [1.807, 2.05) is 30.6 Å². The number of aromatic nitrogens is 2. The number of hydrogen-bond donors (Lipinski definition) is 0. The van der Waals surface area contributed by atoms with Crippen LogP contribution < -0.4 is 14.2 Å². The maximum atomic E-state index is 6.15. The van der Waals surface area contributed by atoms with Gasteiger partial charge in [0.15, 0.2) is 17.7 Å². The smallest absolute Gasteiger partial charge is 0.317 e. The van der Waals surface area contributed by atoms with E-state index in [1.165, 1.54) is 25.7 Å². The zero-order chi connectivity index (χ0) is 16.6. The van der Waals surface area contributed by atoms with E-state index in [0.717, 1.165) is 35.7 Å². The van der Waals surface area contributed by atoms with Crippen LogP contribution in [0.15, 0.2) is 30.6 Å². The first-order valence-electron chi connectivity index (χ1n) is 8.99. The van der Waals surface area contributed by atoms with Gasteiger partial charge in [-0.05, 0) is 43.4 Å². The fourth-order valence-electron chi connectivity index (χ4n) is 4.09. The molecule has 6 nitrogen and oxygen atoms in total. The van der Waals surface area contributed by atoms with Gasteiger partial charge < -0.3 is 14.2 Å². The minimum absolute atomic E-state index is 0.138. The fraction of sp³-hybridized carbons (Fsp3) is 0.474. The van der Waals surface area contributed by atoms with Crippen molar-refractivity contribution in [2.24, 2.45) is 5.92 Å². The first kappa shape index (κ1) is 15.0. The summed E-state index contributed by atoms with van der Waals surface area (Å²) in [6.07, 6.45) is 8.80. The van der Waals surface area contributed by atoms with E-state index in [-0.39, 0.29) is 13.0 Å². The van der Waals surface area contributed by atoms with Crippen molar-refractivity contribution in [3.63, 3.8) is 0 Å². The van der Waals surface area contributed by atoms with E-state index in [0.29, 0.717) is 11.9 Å². The van der Waals surface area contributed by atoms with Crippen LogP contribution in [0.1, 0.15) is 25.7 Å². The van der Waals surface area contributed by atoms with E-state index in [2.05, 4.69) is 14.9 Å². The van der Waals surface area contributed by atoms with Gasteiger partial charge in [0.2, 0.25) is 6.79 Å². The Morgan fingerprint density at radius 1 is 0.960 bits per heavy atom. The molecule has 0 spiro atoms. The predicted molar refractivity (Wildman–Crippen MR) is 91.5 cm³/mol. The summed E-state index contributed by atoms with van der Waals surface area (Å²) in [5, 5.41) is 0. The lowest BCUT2D eigenvalue weighted by molar-refractivity contribution is -0.0772. The Morgan fingerprint density at radius 3 is 2.48 bits per heavy atom. The summed E-state index contributed by atoms with van der Waals surface area (Å²) < 4.78 is 16.9. The molecule has 0 N–H and O–H groups in total. The summed E-state index contributed by atoms with van der Waals surface area (Å²) >= 11 is 0. The summed E-state index contributed by atoms with van der Waals surface area (Å²) in [4.78, 5) is 11.3. The van der Waals surface area contributed by atoms with Gasteiger partial charge in [0.1, 0.15) is 0 Å². The fourth-order valence-corrected chi connectivity index (χ4v) is 4.09. The third-order valence-electron chi connectivity index (χ3n) is 5.36. The Balaban J connectivity index is 1.33. The molecule has 2 fully saturated rings. The molecule has 1 atom stereocenters. The van der Waals surface area contributed by atoms with Crippen LogP contribution in [0.25, 0.3) is 11.1 Å². The van der Waals surface area contributed by atoms with Gasteiger partial charge in [0.25, 0.3) is 0 Å². The van der Waals surface area contributed by atoms with Crippen molar-refractivity contribution < 1.29 is 14.2 Å². The maximum Gasteiger partial charge on any atom is 0.317 e. The second kappa shape index (κ2) is 6.19. The Bertz CT molecular complexity index is 743. The number of rotatable bonds is 3. The molecule has 3 aliphatic heterocycles. The Hall–Kier alpha value is -2.34. The van der Waals surface area contributed by atoms with Gasteiger partial charge in [-0.3, -0.25) is 4.90 Å². The highest BCUT2D eigenvalue weighted by molar-refractivity contribution is 5.66. The van der Waals surface area contributed by atoms with Crippen LogP contribution in [0.5, 0.6) is 17.5 Å². The molecule has 3 aliphatic rings. The number of hydrogen-bond acceptors (Lipinski definition) is 6. The molecule has 5 rings (SSSR count). The van der Waals surface area contributed by atoms with Gasteiger partial charge in [-0.2, -0.15) is 0 Å². The molecule has 2 bridgehead atoms. The molecule has 0 radical (unpaired) electrons. The van der Waals surface area contributed by atoms with Crippen molar-refractivity contribution in [2.45, 2.75) is 31.9 Å². The van der Waals surface area contributed by atoms with Crippen LogP contribution in [-0.4, -0.2) is 41.0 Å². The van der Waals surface area contributed by atoms with Crippen LogP contribution in [0.2, 0.25) is 0 Å². The summed E-state index contributed by atoms with van der Waals surface area (Å²) in [6.45, 7) is 2.52. The van der Waals surface area contributed by atoms with Crippen LogP contribution in [0, 0.1) is 5.92 Å². The molecule has 4 heterocycles. The average Bonchev–Trinajstić information content (AvgIpc) is 3.10. The summed E-state index contributed by atoms with van der Waals surface area (Å²) in [6, 6.07) is 6.33. The summed E-state index contributed by atoms with van der Waals surface area (Å²) in [5.41, 5.74) is 1.95. The molecular formula is C19H21N3O3. The minimum Gasteiger partial charge on any atom is -0.454 e. The lowest BCUT2D eigenvalue weighted by atomic mass is 9.87. The molecule has 130 valence electrons.